The normalized spacial score (nSPS) is 10.8. The average Bonchev–Trinajstić information content (AvgIpc) is 2.55. The molecular weight excluding hydrogens is 215 g/mol. The molecule has 0 aliphatic rings. The number of benzene rings is 1. The Kier molecular flexibility index (Phi) is 2.83. The Hall–Kier alpha value is -0.485. The molecular formula is C9H9BO2S2. The van der Waals surface area contributed by atoms with Crippen LogP contribution in [0.1, 0.15) is 0 Å². The van der Waals surface area contributed by atoms with Crippen molar-refractivity contribution in [3.8, 4) is 0 Å². The molecule has 0 aliphatic heterocycles. The van der Waals surface area contributed by atoms with Gasteiger partial charge in [0.15, 0.2) is 0 Å². The predicted octanol–water partition coefficient (Wildman–Crippen LogP) is 1.30. The quantitative estimate of drug-likeness (QED) is 0.596. The molecule has 0 radical (unpaired) electrons. The lowest BCUT2D eigenvalue weighted by atomic mass is 9.80. The molecule has 72 valence electrons. The Balaban J connectivity index is 2.74. The van der Waals surface area contributed by atoms with Gasteiger partial charge in [-0.05, 0) is 17.7 Å². The summed E-state index contributed by atoms with van der Waals surface area (Å²) in [5.41, 5.74) is 0.637. The zero-order valence-electron chi connectivity index (χ0n) is 7.60. The molecule has 0 saturated heterocycles. The van der Waals surface area contributed by atoms with Crippen LogP contribution in [0.4, 0.5) is 0 Å². The summed E-state index contributed by atoms with van der Waals surface area (Å²) in [5.74, 6) is 0. The molecule has 1 heterocycles. The highest BCUT2D eigenvalue weighted by atomic mass is 32.2. The van der Waals surface area contributed by atoms with Crippen molar-refractivity contribution in [2.75, 3.05) is 6.26 Å². The lowest BCUT2D eigenvalue weighted by molar-refractivity contribution is 0.425. The van der Waals surface area contributed by atoms with E-state index in [-0.39, 0.29) is 0 Å². The van der Waals surface area contributed by atoms with Crippen LogP contribution in [0.3, 0.4) is 0 Å². The number of thiophene rings is 1. The number of hydrogen-bond donors (Lipinski definition) is 2. The highest BCUT2D eigenvalue weighted by molar-refractivity contribution is 8.00. The van der Waals surface area contributed by atoms with E-state index in [9.17, 15) is 10.0 Å². The van der Waals surface area contributed by atoms with Crippen molar-refractivity contribution in [3.05, 3.63) is 24.3 Å². The summed E-state index contributed by atoms with van der Waals surface area (Å²) in [6.45, 7) is 0. The summed E-state index contributed by atoms with van der Waals surface area (Å²) < 4.78 is 2.07. The molecule has 0 amide bonds. The monoisotopic (exact) mass is 224 g/mol. The van der Waals surface area contributed by atoms with E-state index in [0.717, 1.165) is 14.3 Å². The van der Waals surface area contributed by atoms with Crippen LogP contribution in [0.15, 0.2) is 28.5 Å². The van der Waals surface area contributed by atoms with Gasteiger partial charge >= 0.3 is 7.12 Å². The topological polar surface area (TPSA) is 40.5 Å². The van der Waals surface area contributed by atoms with Gasteiger partial charge < -0.3 is 10.0 Å². The maximum Gasteiger partial charge on any atom is 0.491 e. The molecule has 5 heteroatoms. The predicted molar refractivity (Wildman–Crippen MR) is 63.4 cm³/mol. The maximum atomic E-state index is 9.27. The Morgan fingerprint density at radius 3 is 2.64 bits per heavy atom. The van der Waals surface area contributed by atoms with Crippen LogP contribution in [-0.4, -0.2) is 23.4 Å². The van der Waals surface area contributed by atoms with E-state index in [1.54, 1.807) is 23.1 Å². The molecule has 2 aromatic rings. The van der Waals surface area contributed by atoms with Gasteiger partial charge in [0.25, 0.3) is 0 Å². The van der Waals surface area contributed by atoms with Gasteiger partial charge in [0.2, 0.25) is 0 Å². The highest BCUT2D eigenvalue weighted by Crippen LogP contribution is 2.29. The maximum absolute atomic E-state index is 9.27. The Morgan fingerprint density at radius 2 is 2.00 bits per heavy atom. The van der Waals surface area contributed by atoms with Crippen molar-refractivity contribution in [2.24, 2.45) is 0 Å². The third kappa shape index (κ3) is 1.57. The molecule has 0 unspecified atom stereocenters. The van der Waals surface area contributed by atoms with Crippen molar-refractivity contribution in [2.45, 2.75) is 4.21 Å². The van der Waals surface area contributed by atoms with Gasteiger partial charge in [-0.25, -0.2) is 0 Å². The molecule has 14 heavy (non-hydrogen) atoms. The van der Waals surface area contributed by atoms with Crippen LogP contribution in [0.2, 0.25) is 0 Å². The molecule has 2 nitrogen and oxygen atoms in total. The molecule has 2 N–H and O–H groups in total. The summed E-state index contributed by atoms with van der Waals surface area (Å²) >= 11 is 3.14. The summed E-state index contributed by atoms with van der Waals surface area (Å²) in [4.78, 5) is 0. The van der Waals surface area contributed by atoms with Crippen LogP contribution in [0, 0.1) is 0 Å². The minimum Gasteiger partial charge on any atom is -0.423 e. The zero-order chi connectivity index (χ0) is 10.1. The van der Waals surface area contributed by atoms with Crippen molar-refractivity contribution >= 4 is 45.8 Å². The summed E-state index contributed by atoms with van der Waals surface area (Å²) in [5, 5.41) is 19.5. The van der Waals surface area contributed by atoms with Crippen molar-refractivity contribution < 1.29 is 10.0 Å². The van der Waals surface area contributed by atoms with Gasteiger partial charge in [0.05, 0.1) is 4.21 Å². The van der Waals surface area contributed by atoms with Crippen LogP contribution >= 0.6 is 23.1 Å². The number of hydrogen-bond acceptors (Lipinski definition) is 4. The molecule has 0 bridgehead atoms. The van der Waals surface area contributed by atoms with Crippen molar-refractivity contribution in [1.29, 1.82) is 0 Å². The Bertz CT molecular complexity index is 453. The van der Waals surface area contributed by atoms with Crippen LogP contribution < -0.4 is 5.46 Å². The van der Waals surface area contributed by atoms with E-state index < -0.39 is 7.12 Å². The average molecular weight is 224 g/mol. The first kappa shape index (κ1) is 10.0. The van der Waals surface area contributed by atoms with E-state index in [1.807, 2.05) is 30.5 Å². The SMILES string of the molecule is CSc1sc2ccccc2c1B(O)O. The van der Waals surface area contributed by atoms with Gasteiger partial charge in [-0.2, -0.15) is 0 Å². The van der Waals surface area contributed by atoms with Gasteiger partial charge in [-0.15, -0.1) is 23.1 Å². The summed E-state index contributed by atoms with van der Waals surface area (Å²) in [6.07, 6.45) is 1.94. The fourth-order valence-corrected chi connectivity index (χ4v) is 3.44. The van der Waals surface area contributed by atoms with E-state index in [0.29, 0.717) is 5.46 Å². The van der Waals surface area contributed by atoms with Crippen molar-refractivity contribution in [1.82, 2.24) is 0 Å². The standard InChI is InChI=1S/C9H9BO2S2/c1-13-9-8(10(11)12)6-4-2-3-5-7(6)14-9/h2-5,11-12H,1H3. The summed E-state index contributed by atoms with van der Waals surface area (Å²) in [6, 6.07) is 7.77. The second kappa shape index (κ2) is 3.94. The fraction of sp³-hybridized carbons (Fsp3) is 0.111. The van der Waals surface area contributed by atoms with Crippen molar-refractivity contribution in [3.63, 3.8) is 0 Å². The molecule has 2 rings (SSSR count). The second-order valence-electron chi connectivity index (χ2n) is 2.88. The minimum absolute atomic E-state index is 0.637. The van der Waals surface area contributed by atoms with Gasteiger partial charge in [-0.3, -0.25) is 0 Å². The van der Waals surface area contributed by atoms with E-state index in [1.165, 1.54) is 0 Å². The molecule has 0 saturated carbocycles. The lowest BCUT2D eigenvalue weighted by Crippen LogP contribution is -2.30. The highest BCUT2D eigenvalue weighted by Gasteiger charge is 2.21. The lowest BCUT2D eigenvalue weighted by Gasteiger charge is -1.99. The fourth-order valence-electron chi connectivity index (χ4n) is 1.44. The molecule has 0 spiro atoms. The van der Waals surface area contributed by atoms with Crippen LogP contribution in [0.25, 0.3) is 10.1 Å². The van der Waals surface area contributed by atoms with Gasteiger partial charge in [0, 0.05) is 10.2 Å². The van der Waals surface area contributed by atoms with E-state index >= 15 is 0 Å². The first-order valence-electron chi connectivity index (χ1n) is 4.15. The smallest absolute Gasteiger partial charge is 0.423 e. The molecule has 1 aromatic carbocycles. The Labute approximate surface area is 90.7 Å². The largest absolute Gasteiger partial charge is 0.491 e. The molecule has 0 fully saturated rings. The first-order valence-corrected chi connectivity index (χ1v) is 6.19. The Morgan fingerprint density at radius 1 is 1.29 bits per heavy atom. The summed E-state index contributed by atoms with van der Waals surface area (Å²) in [7, 11) is -1.38. The first-order chi connectivity index (χ1) is 6.74. The zero-order valence-corrected chi connectivity index (χ0v) is 9.23. The third-order valence-corrected chi connectivity index (χ3v) is 4.37. The number of fused-ring (bicyclic) bond motifs is 1. The van der Waals surface area contributed by atoms with Gasteiger partial charge in [-0.1, -0.05) is 18.2 Å². The van der Waals surface area contributed by atoms with Crippen LogP contribution in [0.5, 0.6) is 0 Å². The molecule has 1 aromatic heterocycles. The van der Waals surface area contributed by atoms with Crippen LogP contribution in [-0.2, 0) is 0 Å². The molecule has 0 aliphatic carbocycles. The second-order valence-corrected chi connectivity index (χ2v) is 5.00. The van der Waals surface area contributed by atoms with Gasteiger partial charge in [0.1, 0.15) is 0 Å². The minimum atomic E-state index is -1.38. The third-order valence-electron chi connectivity index (χ3n) is 2.04. The van der Waals surface area contributed by atoms with E-state index in [2.05, 4.69) is 0 Å². The number of rotatable bonds is 2. The molecule has 0 atom stereocenters. The number of thioether (sulfide) groups is 1. The van der Waals surface area contributed by atoms with E-state index in [4.69, 9.17) is 0 Å².